The highest BCUT2D eigenvalue weighted by Gasteiger charge is 2.10. The van der Waals surface area contributed by atoms with Crippen LogP contribution in [0.5, 0.6) is 17.4 Å². The third-order valence-corrected chi connectivity index (χ3v) is 2.93. The summed E-state index contributed by atoms with van der Waals surface area (Å²) in [5.41, 5.74) is 7.45. The maximum absolute atomic E-state index is 5.87. The second-order valence-electron chi connectivity index (χ2n) is 4.34. The third-order valence-electron chi connectivity index (χ3n) is 2.93. The molecule has 5 nitrogen and oxygen atoms in total. The lowest BCUT2D eigenvalue weighted by Gasteiger charge is -2.15. The number of methoxy groups -OCH3 is 1. The molecule has 0 bridgehead atoms. The monoisotopic (exact) mass is 288 g/mol. The van der Waals surface area contributed by atoms with Gasteiger partial charge in [-0.1, -0.05) is 18.2 Å². The number of hydrogen-bond donors (Lipinski definition) is 1. The van der Waals surface area contributed by atoms with E-state index in [0.29, 0.717) is 37.1 Å². The van der Waals surface area contributed by atoms with Crippen LogP contribution in [0.4, 0.5) is 0 Å². The summed E-state index contributed by atoms with van der Waals surface area (Å²) in [6, 6.07) is 11.3. The summed E-state index contributed by atoms with van der Waals surface area (Å²) in [6.45, 7) is 3.22. The van der Waals surface area contributed by atoms with Gasteiger partial charge in [-0.05, 0) is 19.1 Å². The highest BCUT2D eigenvalue weighted by Crippen LogP contribution is 2.31. The van der Waals surface area contributed by atoms with E-state index in [1.165, 1.54) is 0 Å². The van der Waals surface area contributed by atoms with Crippen LogP contribution in [0.3, 0.4) is 0 Å². The van der Waals surface area contributed by atoms with Crippen molar-refractivity contribution in [1.82, 2.24) is 4.98 Å². The zero-order valence-electron chi connectivity index (χ0n) is 12.3. The Bertz CT molecular complexity index is 587. The quantitative estimate of drug-likeness (QED) is 0.848. The van der Waals surface area contributed by atoms with Crippen molar-refractivity contribution < 1.29 is 14.2 Å². The van der Waals surface area contributed by atoms with Crippen LogP contribution in [0.25, 0.3) is 0 Å². The Hall–Kier alpha value is -2.27. The first-order valence-electron chi connectivity index (χ1n) is 6.86. The Labute approximate surface area is 124 Å². The van der Waals surface area contributed by atoms with Crippen LogP contribution >= 0.6 is 0 Å². The van der Waals surface area contributed by atoms with Crippen molar-refractivity contribution in [2.75, 3.05) is 13.7 Å². The van der Waals surface area contributed by atoms with Crippen LogP contribution in [0.15, 0.2) is 36.4 Å². The lowest BCUT2D eigenvalue weighted by molar-refractivity contribution is 0.262. The summed E-state index contributed by atoms with van der Waals surface area (Å²) in [7, 11) is 1.59. The molecule has 0 aliphatic carbocycles. The standard InChI is InChI=1S/C16H20N2O3/c1-3-20-14-8-4-6-12(10-17)16(14)21-11-13-7-5-9-15(18-13)19-2/h4-9H,3,10-11,17H2,1-2H3. The van der Waals surface area contributed by atoms with Crippen molar-refractivity contribution >= 4 is 0 Å². The first-order chi connectivity index (χ1) is 10.3. The molecule has 0 atom stereocenters. The first kappa shape index (κ1) is 15.1. The molecule has 0 aliphatic rings. The zero-order chi connectivity index (χ0) is 15.1. The van der Waals surface area contributed by atoms with Crippen molar-refractivity contribution in [3.8, 4) is 17.4 Å². The van der Waals surface area contributed by atoms with E-state index in [1.54, 1.807) is 13.2 Å². The SMILES string of the molecule is CCOc1cccc(CN)c1OCc1cccc(OC)n1. The normalized spacial score (nSPS) is 10.2. The number of ether oxygens (including phenoxy) is 3. The lowest BCUT2D eigenvalue weighted by Crippen LogP contribution is -2.06. The molecule has 0 spiro atoms. The Morgan fingerprint density at radius 2 is 1.90 bits per heavy atom. The van der Waals surface area contributed by atoms with Crippen molar-refractivity contribution in [1.29, 1.82) is 0 Å². The minimum absolute atomic E-state index is 0.328. The van der Waals surface area contributed by atoms with Gasteiger partial charge in [0.2, 0.25) is 5.88 Å². The van der Waals surface area contributed by atoms with Gasteiger partial charge in [-0.2, -0.15) is 0 Å². The number of nitrogens with two attached hydrogens (primary N) is 1. The van der Waals surface area contributed by atoms with Crippen LogP contribution in [0, 0.1) is 0 Å². The van der Waals surface area contributed by atoms with E-state index >= 15 is 0 Å². The first-order valence-corrected chi connectivity index (χ1v) is 6.86. The fraction of sp³-hybridized carbons (Fsp3) is 0.312. The number of aromatic nitrogens is 1. The molecule has 2 aromatic rings. The molecule has 112 valence electrons. The van der Waals surface area contributed by atoms with E-state index in [0.717, 1.165) is 11.3 Å². The molecule has 0 unspecified atom stereocenters. The van der Waals surface area contributed by atoms with Crippen molar-refractivity contribution in [3.05, 3.63) is 47.7 Å². The molecule has 0 fully saturated rings. The molecule has 21 heavy (non-hydrogen) atoms. The van der Waals surface area contributed by atoms with Gasteiger partial charge in [-0.3, -0.25) is 0 Å². The number of nitrogens with zero attached hydrogens (tertiary/aromatic N) is 1. The summed E-state index contributed by atoms with van der Waals surface area (Å²) in [4.78, 5) is 4.32. The molecule has 0 amide bonds. The van der Waals surface area contributed by atoms with Crippen LogP contribution in [-0.2, 0) is 13.2 Å². The molecule has 1 heterocycles. The Morgan fingerprint density at radius 1 is 1.10 bits per heavy atom. The highest BCUT2D eigenvalue weighted by molar-refractivity contribution is 5.46. The van der Waals surface area contributed by atoms with Crippen LogP contribution in [0.2, 0.25) is 0 Å². The van der Waals surface area contributed by atoms with E-state index in [1.807, 2.05) is 37.3 Å². The van der Waals surface area contributed by atoms with Crippen molar-refractivity contribution in [2.45, 2.75) is 20.1 Å². The van der Waals surface area contributed by atoms with E-state index in [9.17, 15) is 0 Å². The van der Waals surface area contributed by atoms with Crippen molar-refractivity contribution in [2.24, 2.45) is 5.73 Å². The summed E-state index contributed by atoms with van der Waals surface area (Å²) in [5.74, 6) is 1.93. The minimum atomic E-state index is 0.328. The van der Waals surface area contributed by atoms with Gasteiger partial charge in [-0.15, -0.1) is 0 Å². The molecule has 0 aliphatic heterocycles. The summed E-state index contributed by atoms with van der Waals surface area (Å²) in [5, 5.41) is 0. The van der Waals surface area contributed by atoms with Gasteiger partial charge in [0.15, 0.2) is 11.5 Å². The van der Waals surface area contributed by atoms with E-state index in [-0.39, 0.29) is 0 Å². The van der Waals surface area contributed by atoms with E-state index < -0.39 is 0 Å². The number of pyridine rings is 1. The summed E-state index contributed by atoms with van der Waals surface area (Å²) < 4.78 is 16.6. The maximum Gasteiger partial charge on any atom is 0.213 e. The van der Waals surface area contributed by atoms with Gasteiger partial charge in [0, 0.05) is 18.2 Å². The molecular weight excluding hydrogens is 268 g/mol. The average Bonchev–Trinajstić information content (AvgIpc) is 2.54. The van der Waals surface area contributed by atoms with Gasteiger partial charge in [-0.25, -0.2) is 4.98 Å². The maximum atomic E-state index is 5.87. The molecule has 5 heteroatoms. The van der Waals surface area contributed by atoms with Crippen molar-refractivity contribution in [3.63, 3.8) is 0 Å². The predicted octanol–water partition coefficient (Wildman–Crippen LogP) is 2.53. The Morgan fingerprint density at radius 3 is 2.62 bits per heavy atom. The number of benzene rings is 1. The molecule has 0 saturated heterocycles. The van der Waals surface area contributed by atoms with Gasteiger partial charge in [0.25, 0.3) is 0 Å². The zero-order valence-corrected chi connectivity index (χ0v) is 12.3. The predicted molar refractivity (Wildman–Crippen MR) is 80.6 cm³/mol. The van der Waals surface area contributed by atoms with Crippen LogP contribution in [0.1, 0.15) is 18.2 Å². The van der Waals surface area contributed by atoms with Crippen LogP contribution in [-0.4, -0.2) is 18.7 Å². The smallest absolute Gasteiger partial charge is 0.213 e. The Kier molecular flexibility index (Phi) is 5.40. The van der Waals surface area contributed by atoms with E-state index in [2.05, 4.69) is 4.98 Å². The van der Waals surface area contributed by atoms with Gasteiger partial charge >= 0.3 is 0 Å². The molecular formula is C16H20N2O3. The van der Waals surface area contributed by atoms with Gasteiger partial charge < -0.3 is 19.9 Å². The van der Waals surface area contributed by atoms with E-state index in [4.69, 9.17) is 19.9 Å². The van der Waals surface area contributed by atoms with Gasteiger partial charge in [0.1, 0.15) is 6.61 Å². The third kappa shape index (κ3) is 3.86. The number of rotatable bonds is 7. The fourth-order valence-electron chi connectivity index (χ4n) is 1.95. The molecule has 0 radical (unpaired) electrons. The number of hydrogen-bond acceptors (Lipinski definition) is 5. The highest BCUT2D eigenvalue weighted by atomic mass is 16.5. The second kappa shape index (κ2) is 7.50. The van der Waals surface area contributed by atoms with Crippen LogP contribution < -0.4 is 19.9 Å². The average molecular weight is 288 g/mol. The largest absolute Gasteiger partial charge is 0.490 e. The number of para-hydroxylation sites is 1. The molecule has 2 N–H and O–H groups in total. The fourth-order valence-corrected chi connectivity index (χ4v) is 1.95. The Balaban J connectivity index is 2.18. The summed E-state index contributed by atoms with van der Waals surface area (Å²) >= 11 is 0. The second-order valence-corrected chi connectivity index (χ2v) is 4.34. The minimum Gasteiger partial charge on any atom is -0.490 e. The molecule has 1 aromatic carbocycles. The molecule has 0 saturated carbocycles. The lowest BCUT2D eigenvalue weighted by atomic mass is 10.2. The molecule has 1 aromatic heterocycles. The van der Waals surface area contributed by atoms with Gasteiger partial charge in [0.05, 0.1) is 19.4 Å². The summed E-state index contributed by atoms with van der Waals surface area (Å²) in [6.07, 6.45) is 0. The topological polar surface area (TPSA) is 66.6 Å². The molecule has 2 rings (SSSR count).